The molecule has 0 saturated carbocycles. The molecule has 1 aromatic heterocycles. The van der Waals surface area contributed by atoms with Crippen molar-refractivity contribution in [1.82, 2.24) is 10.1 Å². The summed E-state index contributed by atoms with van der Waals surface area (Å²) in [4.78, 5) is 4.20. The molecule has 3 aromatic rings. The zero-order chi connectivity index (χ0) is 17.9. The van der Waals surface area contributed by atoms with Crippen LogP contribution in [0.25, 0.3) is 11.4 Å². The van der Waals surface area contributed by atoms with Crippen LogP contribution in [-0.4, -0.2) is 25.7 Å². The number of para-hydroxylation sites is 1. The van der Waals surface area contributed by atoms with E-state index in [0.29, 0.717) is 17.1 Å². The Balaban J connectivity index is 1.78. The molecule has 0 aliphatic carbocycles. The first kappa shape index (κ1) is 17.2. The average molecular weight is 358 g/mol. The van der Waals surface area contributed by atoms with Gasteiger partial charge in [0, 0.05) is 0 Å². The van der Waals surface area contributed by atoms with Gasteiger partial charge in [-0.15, -0.1) is 0 Å². The molecule has 3 rings (SSSR count). The van der Waals surface area contributed by atoms with Gasteiger partial charge in [-0.3, -0.25) is 0 Å². The van der Waals surface area contributed by atoms with Crippen LogP contribution in [-0.2, 0) is 21.3 Å². The van der Waals surface area contributed by atoms with Gasteiger partial charge in [-0.2, -0.15) is 4.98 Å². The van der Waals surface area contributed by atoms with E-state index in [2.05, 4.69) is 10.1 Å². The van der Waals surface area contributed by atoms with Gasteiger partial charge in [-0.05, 0) is 24.6 Å². The van der Waals surface area contributed by atoms with E-state index >= 15 is 0 Å². The maximum Gasteiger partial charge on any atom is 0.242 e. The van der Waals surface area contributed by atoms with E-state index in [4.69, 9.17) is 9.26 Å². The van der Waals surface area contributed by atoms with Crippen molar-refractivity contribution >= 4 is 9.84 Å². The number of hydrogen-bond donors (Lipinski definition) is 0. The molecule has 0 N–H and O–H groups in total. The Morgan fingerprint density at radius 1 is 1.08 bits per heavy atom. The lowest BCUT2D eigenvalue weighted by Gasteiger charge is -2.03. The standard InChI is InChI=1S/C18H18N2O4S/c1-13-6-5-7-14(10-13)11-25(21,22)12-17-19-18(20-24-17)15-8-3-4-9-16(15)23-2/h3-10H,11-12H2,1-2H3. The number of rotatable bonds is 6. The van der Waals surface area contributed by atoms with Crippen LogP contribution in [0.1, 0.15) is 17.0 Å². The van der Waals surface area contributed by atoms with Gasteiger partial charge in [0.25, 0.3) is 0 Å². The van der Waals surface area contributed by atoms with Gasteiger partial charge in [0.15, 0.2) is 9.84 Å². The molecule has 0 radical (unpaired) electrons. The number of aryl methyl sites for hydroxylation is 1. The first-order chi connectivity index (χ1) is 12.0. The lowest BCUT2D eigenvalue weighted by Crippen LogP contribution is -2.08. The number of nitrogens with zero attached hydrogens (tertiary/aromatic N) is 2. The molecule has 0 bridgehead atoms. The molecule has 2 aromatic carbocycles. The second kappa shape index (κ2) is 7.06. The SMILES string of the molecule is COc1ccccc1-c1noc(CS(=O)(=O)Cc2cccc(C)c2)n1. The fraction of sp³-hybridized carbons (Fsp3) is 0.222. The van der Waals surface area contributed by atoms with E-state index in [-0.39, 0.29) is 17.4 Å². The third-order valence-corrected chi connectivity index (χ3v) is 5.09. The van der Waals surface area contributed by atoms with Crippen molar-refractivity contribution in [2.45, 2.75) is 18.4 Å². The number of ether oxygens (including phenoxy) is 1. The molecule has 0 spiro atoms. The number of methoxy groups -OCH3 is 1. The number of aromatic nitrogens is 2. The van der Waals surface area contributed by atoms with E-state index in [1.54, 1.807) is 25.3 Å². The fourth-order valence-electron chi connectivity index (χ4n) is 2.55. The van der Waals surface area contributed by atoms with Crippen LogP contribution in [0.5, 0.6) is 5.75 Å². The monoisotopic (exact) mass is 358 g/mol. The number of benzene rings is 2. The van der Waals surface area contributed by atoms with Gasteiger partial charge in [-0.25, -0.2) is 8.42 Å². The van der Waals surface area contributed by atoms with Gasteiger partial charge >= 0.3 is 0 Å². The smallest absolute Gasteiger partial charge is 0.242 e. The summed E-state index contributed by atoms with van der Waals surface area (Å²) in [5, 5.41) is 3.87. The summed E-state index contributed by atoms with van der Waals surface area (Å²) in [5.74, 6) is 0.591. The maximum atomic E-state index is 12.4. The Bertz CT molecular complexity index is 980. The van der Waals surface area contributed by atoms with Crippen LogP contribution in [0.15, 0.2) is 53.1 Å². The summed E-state index contributed by atoms with van der Waals surface area (Å²) in [6.45, 7) is 1.92. The zero-order valence-electron chi connectivity index (χ0n) is 14.0. The van der Waals surface area contributed by atoms with E-state index in [0.717, 1.165) is 11.1 Å². The topological polar surface area (TPSA) is 82.3 Å². The molecule has 0 unspecified atom stereocenters. The highest BCUT2D eigenvalue weighted by Crippen LogP contribution is 2.27. The molecular formula is C18H18N2O4S. The third-order valence-electron chi connectivity index (χ3n) is 3.63. The zero-order valence-corrected chi connectivity index (χ0v) is 14.8. The first-order valence-corrected chi connectivity index (χ1v) is 9.51. The Morgan fingerprint density at radius 2 is 1.88 bits per heavy atom. The van der Waals surface area contributed by atoms with Gasteiger partial charge < -0.3 is 9.26 Å². The van der Waals surface area contributed by atoms with Gasteiger partial charge in [0.1, 0.15) is 11.5 Å². The van der Waals surface area contributed by atoms with E-state index in [1.165, 1.54) is 0 Å². The lowest BCUT2D eigenvalue weighted by atomic mass is 10.2. The van der Waals surface area contributed by atoms with Crippen LogP contribution in [0.3, 0.4) is 0 Å². The summed E-state index contributed by atoms with van der Waals surface area (Å²) in [5.41, 5.74) is 2.41. The van der Waals surface area contributed by atoms with E-state index in [1.807, 2.05) is 37.3 Å². The van der Waals surface area contributed by atoms with E-state index in [9.17, 15) is 8.42 Å². The minimum atomic E-state index is -3.42. The second-order valence-electron chi connectivity index (χ2n) is 5.73. The molecule has 0 aliphatic rings. The third kappa shape index (κ3) is 4.24. The highest BCUT2D eigenvalue weighted by Gasteiger charge is 2.19. The van der Waals surface area contributed by atoms with Crippen molar-refractivity contribution in [2.24, 2.45) is 0 Å². The van der Waals surface area contributed by atoms with Crippen molar-refractivity contribution < 1.29 is 17.7 Å². The van der Waals surface area contributed by atoms with Crippen molar-refractivity contribution in [3.8, 4) is 17.1 Å². The molecule has 0 amide bonds. The molecular weight excluding hydrogens is 340 g/mol. The molecule has 130 valence electrons. The van der Waals surface area contributed by atoms with Crippen molar-refractivity contribution in [3.05, 3.63) is 65.5 Å². The second-order valence-corrected chi connectivity index (χ2v) is 7.80. The van der Waals surface area contributed by atoms with Gasteiger partial charge in [0.2, 0.25) is 11.7 Å². The minimum Gasteiger partial charge on any atom is -0.496 e. The summed E-state index contributed by atoms with van der Waals surface area (Å²) in [6, 6.07) is 14.6. The van der Waals surface area contributed by atoms with Crippen molar-refractivity contribution in [1.29, 1.82) is 0 Å². The molecule has 0 aliphatic heterocycles. The van der Waals surface area contributed by atoms with Crippen LogP contribution in [0.2, 0.25) is 0 Å². The summed E-state index contributed by atoms with van der Waals surface area (Å²) in [6.07, 6.45) is 0. The summed E-state index contributed by atoms with van der Waals surface area (Å²) >= 11 is 0. The van der Waals surface area contributed by atoms with Crippen molar-refractivity contribution in [2.75, 3.05) is 7.11 Å². The molecule has 1 heterocycles. The van der Waals surface area contributed by atoms with Crippen LogP contribution >= 0.6 is 0 Å². The minimum absolute atomic E-state index is 0.0635. The fourth-order valence-corrected chi connectivity index (χ4v) is 3.83. The van der Waals surface area contributed by atoms with Crippen LogP contribution < -0.4 is 4.74 Å². The highest BCUT2D eigenvalue weighted by atomic mass is 32.2. The van der Waals surface area contributed by atoms with Crippen LogP contribution in [0, 0.1) is 6.92 Å². The molecule has 25 heavy (non-hydrogen) atoms. The lowest BCUT2D eigenvalue weighted by molar-refractivity contribution is 0.388. The predicted molar refractivity (Wildman–Crippen MR) is 93.8 cm³/mol. The summed E-state index contributed by atoms with van der Waals surface area (Å²) < 4.78 is 35.2. The number of hydrogen-bond acceptors (Lipinski definition) is 6. The average Bonchev–Trinajstić information content (AvgIpc) is 3.01. The van der Waals surface area contributed by atoms with Crippen molar-refractivity contribution in [3.63, 3.8) is 0 Å². The van der Waals surface area contributed by atoms with E-state index < -0.39 is 9.84 Å². The predicted octanol–water partition coefficient (Wildman–Crippen LogP) is 3.17. The molecule has 0 saturated heterocycles. The maximum absolute atomic E-state index is 12.4. The van der Waals surface area contributed by atoms with Gasteiger partial charge in [0.05, 0.1) is 18.4 Å². The normalized spacial score (nSPS) is 11.4. The highest BCUT2D eigenvalue weighted by molar-refractivity contribution is 7.89. The Kier molecular flexibility index (Phi) is 4.85. The number of sulfone groups is 1. The molecule has 7 heteroatoms. The summed E-state index contributed by atoms with van der Waals surface area (Å²) in [7, 11) is -1.87. The molecule has 0 fully saturated rings. The first-order valence-electron chi connectivity index (χ1n) is 7.69. The Morgan fingerprint density at radius 3 is 2.64 bits per heavy atom. The largest absolute Gasteiger partial charge is 0.496 e. The quantitative estimate of drug-likeness (QED) is 0.673. The molecule has 6 nitrogen and oxygen atoms in total. The van der Waals surface area contributed by atoms with Gasteiger partial charge in [-0.1, -0.05) is 47.1 Å². The Labute approximate surface area is 146 Å². The van der Waals surface area contributed by atoms with Crippen LogP contribution in [0.4, 0.5) is 0 Å². The Hall–Kier alpha value is -2.67. The molecule has 0 atom stereocenters.